The van der Waals surface area contributed by atoms with Crippen LogP contribution >= 0.6 is 11.3 Å². The Bertz CT molecular complexity index is 702. The topological polar surface area (TPSA) is 92.8 Å². The van der Waals surface area contributed by atoms with Crippen LogP contribution in [0.25, 0.3) is 0 Å². The monoisotopic (exact) mass is 364 g/mol. The molecule has 1 saturated carbocycles. The standard InChI is InChI=1S/C17H20N2O5S/c1-11-5-2-3-7-17(11)15(22)19(16(23)18-17)9-14(21)24-10-12(20)13-6-4-8-25-13/h4,6,8,11H,2-3,5,7,9-10H2,1H3,(H,18,23)/t11-,17+/m0/s1. The first-order valence-electron chi connectivity index (χ1n) is 8.30. The van der Waals surface area contributed by atoms with E-state index in [1.165, 1.54) is 11.3 Å². The largest absolute Gasteiger partial charge is 0.456 e. The maximum absolute atomic E-state index is 12.7. The molecule has 1 N–H and O–H groups in total. The first-order chi connectivity index (χ1) is 11.9. The second kappa shape index (κ2) is 6.95. The molecule has 0 radical (unpaired) electrons. The SMILES string of the molecule is C[C@H]1CCCC[C@@]12NC(=O)N(CC(=O)OCC(=O)c1cccs1)C2=O. The number of hydrogen-bond donors (Lipinski definition) is 1. The van der Waals surface area contributed by atoms with Crippen LogP contribution in [0.3, 0.4) is 0 Å². The van der Waals surface area contributed by atoms with E-state index in [0.29, 0.717) is 11.3 Å². The molecule has 1 aromatic heterocycles. The number of urea groups is 1. The summed E-state index contributed by atoms with van der Waals surface area (Å²) < 4.78 is 4.93. The number of rotatable bonds is 5. The molecule has 2 fully saturated rings. The minimum atomic E-state index is -0.900. The van der Waals surface area contributed by atoms with Gasteiger partial charge in [-0.05, 0) is 30.2 Å². The van der Waals surface area contributed by atoms with E-state index in [9.17, 15) is 19.2 Å². The molecule has 1 spiro atoms. The molecular formula is C17H20N2O5S. The number of nitrogens with zero attached hydrogens (tertiary/aromatic N) is 1. The van der Waals surface area contributed by atoms with Crippen molar-refractivity contribution in [2.45, 2.75) is 38.1 Å². The Hall–Kier alpha value is -2.22. The Morgan fingerprint density at radius 3 is 2.88 bits per heavy atom. The molecule has 1 aliphatic heterocycles. The van der Waals surface area contributed by atoms with Gasteiger partial charge >= 0.3 is 12.0 Å². The molecule has 1 saturated heterocycles. The minimum absolute atomic E-state index is 0.0270. The van der Waals surface area contributed by atoms with Crippen molar-refractivity contribution >= 4 is 35.0 Å². The first-order valence-corrected chi connectivity index (χ1v) is 9.18. The zero-order valence-electron chi connectivity index (χ0n) is 13.9. The lowest BCUT2D eigenvalue weighted by atomic mass is 9.73. The smallest absolute Gasteiger partial charge is 0.326 e. The van der Waals surface area contributed by atoms with Crippen molar-refractivity contribution in [3.05, 3.63) is 22.4 Å². The van der Waals surface area contributed by atoms with Gasteiger partial charge in [0.25, 0.3) is 5.91 Å². The summed E-state index contributed by atoms with van der Waals surface area (Å²) in [5, 5.41) is 4.53. The summed E-state index contributed by atoms with van der Waals surface area (Å²) in [7, 11) is 0. The number of ether oxygens (including phenoxy) is 1. The number of nitrogens with one attached hydrogen (secondary N) is 1. The molecule has 3 amide bonds. The minimum Gasteiger partial charge on any atom is -0.456 e. The van der Waals surface area contributed by atoms with Crippen molar-refractivity contribution in [3.63, 3.8) is 0 Å². The Morgan fingerprint density at radius 1 is 1.40 bits per heavy atom. The van der Waals surface area contributed by atoms with Crippen LogP contribution in [-0.4, -0.2) is 47.3 Å². The van der Waals surface area contributed by atoms with Gasteiger partial charge in [-0.25, -0.2) is 4.79 Å². The van der Waals surface area contributed by atoms with Crippen LogP contribution in [0.1, 0.15) is 42.3 Å². The fourth-order valence-electron chi connectivity index (χ4n) is 3.47. The van der Waals surface area contributed by atoms with Gasteiger partial charge in [-0.15, -0.1) is 11.3 Å². The van der Waals surface area contributed by atoms with E-state index >= 15 is 0 Å². The van der Waals surface area contributed by atoms with Gasteiger partial charge in [0.2, 0.25) is 5.78 Å². The van der Waals surface area contributed by atoms with E-state index in [2.05, 4.69) is 5.32 Å². The van der Waals surface area contributed by atoms with Gasteiger partial charge < -0.3 is 10.1 Å². The molecule has 25 heavy (non-hydrogen) atoms. The molecule has 8 heteroatoms. The molecule has 2 atom stereocenters. The molecule has 0 bridgehead atoms. The van der Waals surface area contributed by atoms with Crippen molar-refractivity contribution in [2.75, 3.05) is 13.2 Å². The summed E-state index contributed by atoms with van der Waals surface area (Å²) >= 11 is 1.26. The summed E-state index contributed by atoms with van der Waals surface area (Å²) in [5.74, 6) is -1.42. The molecular weight excluding hydrogens is 344 g/mol. The van der Waals surface area contributed by atoms with Gasteiger partial charge in [0.05, 0.1) is 4.88 Å². The quantitative estimate of drug-likeness (QED) is 0.490. The van der Waals surface area contributed by atoms with E-state index in [-0.39, 0.29) is 17.6 Å². The van der Waals surface area contributed by atoms with Crippen molar-refractivity contribution in [1.29, 1.82) is 0 Å². The number of carbonyl (C=O) groups excluding carboxylic acids is 4. The van der Waals surface area contributed by atoms with E-state index in [0.717, 1.165) is 24.2 Å². The van der Waals surface area contributed by atoms with Crippen molar-refractivity contribution in [2.24, 2.45) is 5.92 Å². The highest BCUT2D eigenvalue weighted by atomic mass is 32.1. The molecule has 0 aromatic carbocycles. The average Bonchev–Trinajstić information content (AvgIpc) is 3.20. The van der Waals surface area contributed by atoms with Gasteiger partial charge in [-0.2, -0.15) is 0 Å². The first kappa shape index (κ1) is 17.6. The fourth-order valence-corrected chi connectivity index (χ4v) is 4.12. The highest BCUT2D eigenvalue weighted by Gasteiger charge is 2.55. The summed E-state index contributed by atoms with van der Waals surface area (Å²) in [6.45, 7) is 1.07. The van der Waals surface area contributed by atoms with Crippen LogP contribution in [0.15, 0.2) is 17.5 Å². The number of hydrogen-bond acceptors (Lipinski definition) is 6. The maximum atomic E-state index is 12.7. The molecule has 2 heterocycles. The predicted molar refractivity (Wildman–Crippen MR) is 90.2 cm³/mol. The molecule has 0 unspecified atom stereocenters. The van der Waals surface area contributed by atoms with E-state index < -0.39 is 30.7 Å². The van der Waals surface area contributed by atoms with E-state index in [1.807, 2.05) is 6.92 Å². The van der Waals surface area contributed by atoms with Gasteiger partial charge in [0, 0.05) is 0 Å². The average molecular weight is 364 g/mol. The molecule has 3 rings (SSSR count). The lowest BCUT2D eigenvalue weighted by Gasteiger charge is -2.36. The highest BCUT2D eigenvalue weighted by molar-refractivity contribution is 7.12. The molecule has 1 aromatic rings. The molecule has 7 nitrogen and oxygen atoms in total. The van der Waals surface area contributed by atoms with Crippen LogP contribution in [0.2, 0.25) is 0 Å². The third kappa shape index (κ3) is 3.30. The number of imide groups is 1. The van der Waals surface area contributed by atoms with E-state index in [1.54, 1.807) is 17.5 Å². The van der Waals surface area contributed by atoms with Crippen LogP contribution in [0.5, 0.6) is 0 Å². The Balaban J connectivity index is 1.58. The maximum Gasteiger partial charge on any atom is 0.326 e. The van der Waals surface area contributed by atoms with Crippen LogP contribution in [0.4, 0.5) is 4.79 Å². The zero-order chi connectivity index (χ0) is 18.0. The van der Waals surface area contributed by atoms with Crippen molar-refractivity contribution in [1.82, 2.24) is 10.2 Å². The van der Waals surface area contributed by atoms with E-state index in [4.69, 9.17) is 4.74 Å². The fraction of sp³-hybridized carbons (Fsp3) is 0.529. The predicted octanol–water partition coefficient (Wildman–Crippen LogP) is 1.97. The number of carbonyl (C=O) groups is 4. The Labute approximate surface area is 149 Å². The van der Waals surface area contributed by atoms with Gasteiger partial charge in [-0.3, -0.25) is 19.3 Å². The molecule has 2 aliphatic rings. The second-order valence-electron chi connectivity index (χ2n) is 6.50. The Morgan fingerprint density at radius 2 is 2.20 bits per heavy atom. The summed E-state index contributed by atoms with van der Waals surface area (Å²) in [6.07, 6.45) is 3.34. The van der Waals surface area contributed by atoms with Gasteiger partial charge in [-0.1, -0.05) is 25.8 Å². The second-order valence-corrected chi connectivity index (χ2v) is 7.45. The lowest BCUT2D eigenvalue weighted by molar-refractivity contribution is -0.147. The van der Waals surface area contributed by atoms with Crippen molar-refractivity contribution in [3.8, 4) is 0 Å². The summed E-state index contributed by atoms with van der Waals surface area (Å²) in [4.78, 5) is 50.1. The number of Topliss-reactive ketones (excluding diaryl/α,β-unsaturated/α-hetero) is 1. The third-order valence-corrected chi connectivity index (χ3v) is 5.86. The van der Waals surface area contributed by atoms with Crippen LogP contribution < -0.4 is 5.32 Å². The lowest BCUT2D eigenvalue weighted by Crippen LogP contribution is -2.54. The zero-order valence-corrected chi connectivity index (χ0v) is 14.8. The van der Waals surface area contributed by atoms with Gasteiger partial charge in [0.15, 0.2) is 6.61 Å². The van der Waals surface area contributed by atoms with Gasteiger partial charge in [0.1, 0.15) is 12.1 Å². The third-order valence-electron chi connectivity index (χ3n) is 4.95. The van der Waals surface area contributed by atoms with Crippen LogP contribution in [0, 0.1) is 5.92 Å². The summed E-state index contributed by atoms with van der Waals surface area (Å²) in [6, 6.07) is 2.81. The Kier molecular flexibility index (Phi) is 4.89. The number of esters is 1. The summed E-state index contributed by atoms with van der Waals surface area (Å²) in [5.41, 5.74) is -0.900. The van der Waals surface area contributed by atoms with Crippen molar-refractivity contribution < 1.29 is 23.9 Å². The number of thiophene rings is 1. The highest BCUT2D eigenvalue weighted by Crippen LogP contribution is 2.38. The molecule has 134 valence electrons. The number of ketones is 1. The van der Waals surface area contributed by atoms with Crippen LogP contribution in [-0.2, 0) is 14.3 Å². The number of amides is 3. The normalized spacial score (nSPS) is 26.0. The molecule has 1 aliphatic carbocycles.